The second-order valence-corrected chi connectivity index (χ2v) is 4.59. The van der Waals surface area contributed by atoms with Gasteiger partial charge >= 0.3 is 0 Å². The van der Waals surface area contributed by atoms with Gasteiger partial charge in [-0.2, -0.15) is 0 Å². The van der Waals surface area contributed by atoms with Gasteiger partial charge in [-0.3, -0.25) is 5.32 Å². The highest BCUT2D eigenvalue weighted by Crippen LogP contribution is 2.34. The van der Waals surface area contributed by atoms with E-state index in [9.17, 15) is 4.39 Å². The van der Waals surface area contributed by atoms with Gasteiger partial charge in [-0.15, -0.1) is 0 Å². The fourth-order valence-electron chi connectivity index (χ4n) is 1.77. The molecule has 2 nitrogen and oxygen atoms in total. The van der Waals surface area contributed by atoms with Gasteiger partial charge in [0.2, 0.25) is 0 Å². The average molecular weight is 230 g/mol. The van der Waals surface area contributed by atoms with Crippen LogP contribution < -0.4 is 5.32 Å². The molecule has 1 aromatic carbocycles. The third kappa shape index (κ3) is 2.30. The summed E-state index contributed by atoms with van der Waals surface area (Å²) in [4.78, 5) is -0.629. The van der Waals surface area contributed by atoms with Gasteiger partial charge < -0.3 is 4.74 Å². The number of ether oxygens (including phenoxy) is 1. The maximum Gasteiger partial charge on any atom is 0.123 e. The lowest BCUT2D eigenvalue weighted by atomic mass is 10.0. The van der Waals surface area contributed by atoms with Crippen molar-refractivity contribution in [1.29, 1.82) is 0 Å². The van der Waals surface area contributed by atoms with Crippen molar-refractivity contribution in [2.75, 3.05) is 13.2 Å². The van der Waals surface area contributed by atoms with E-state index in [-0.39, 0.29) is 11.9 Å². The van der Waals surface area contributed by atoms with Crippen molar-refractivity contribution < 1.29 is 9.13 Å². The Morgan fingerprint density at radius 1 is 1.47 bits per heavy atom. The molecule has 0 spiro atoms. The number of halogens is 2. The van der Waals surface area contributed by atoms with Crippen molar-refractivity contribution >= 4 is 11.6 Å². The summed E-state index contributed by atoms with van der Waals surface area (Å²) in [6.07, 6.45) is -0.242. The van der Waals surface area contributed by atoms with Crippen LogP contribution in [0.3, 0.4) is 0 Å². The van der Waals surface area contributed by atoms with Crippen molar-refractivity contribution in [1.82, 2.24) is 5.32 Å². The van der Waals surface area contributed by atoms with E-state index < -0.39 is 5.00 Å². The molecule has 2 unspecified atom stereocenters. The standard InChI is InChI=1S/C11H13ClFNO/c1-11(12)10(15-7-6-14-11)8-2-4-9(13)5-3-8/h2-5,10,14H,6-7H2,1H3. The Balaban J connectivity index is 2.25. The highest BCUT2D eigenvalue weighted by atomic mass is 35.5. The Kier molecular flexibility index (Phi) is 2.96. The number of nitrogens with one attached hydrogen (secondary N) is 1. The van der Waals surface area contributed by atoms with Crippen LogP contribution in [0.1, 0.15) is 18.6 Å². The topological polar surface area (TPSA) is 21.3 Å². The van der Waals surface area contributed by atoms with Gasteiger partial charge in [0.15, 0.2) is 0 Å². The van der Waals surface area contributed by atoms with E-state index in [0.717, 1.165) is 12.1 Å². The summed E-state index contributed by atoms with van der Waals surface area (Å²) in [6.45, 7) is 3.21. The van der Waals surface area contributed by atoms with Gasteiger partial charge in [0, 0.05) is 6.54 Å². The summed E-state index contributed by atoms with van der Waals surface area (Å²) in [5, 5.41) is 3.17. The summed E-state index contributed by atoms with van der Waals surface area (Å²) in [6, 6.07) is 6.24. The molecule has 0 aliphatic carbocycles. The van der Waals surface area contributed by atoms with Gasteiger partial charge in [0.05, 0.1) is 6.61 Å². The van der Waals surface area contributed by atoms with E-state index in [0.29, 0.717) is 6.61 Å². The maximum absolute atomic E-state index is 12.8. The van der Waals surface area contributed by atoms with Crippen LogP contribution in [0.2, 0.25) is 0 Å². The summed E-state index contributed by atoms with van der Waals surface area (Å²) < 4.78 is 18.4. The van der Waals surface area contributed by atoms with Crippen molar-refractivity contribution in [3.63, 3.8) is 0 Å². The molecule has 2 atom stereocenters. The lowest BCUT2D eigenvalue weighted by Gasteiger charge is -2.37. The fraction of sp³-hybridized carbons (Fsp3) is 0.455. The molecular weight excluding hydrogens is 217 g/mol. The van der Waals surface area contributed by atoms with Gasteiger partial charge in [-0.25, -0.2) is 4.39 Å². The van der Waals surface area contributed by atoms with Crippen LogP contribution in [0, 0.1) is 5.82 Å². The molecule has 1 N–H and O–H groups in total. The normalized spacial score (nSPS) is 31.5. The molecule has 1 aliphatic rings. The second kappa shape index (κ2) is 4.08. The third-order valence-corrected chi connectivity index (χ3v) is 2.85. The Bertz CT molecular complexity index is 339. The molecule has 0 bridgehead atoms. The molecule has 15 heavy (non-hydrogen) atoms. The summed E-state index contributed by atoms with van der Waals surface area (Å²) in [5.41, 5.74) is 0.890. The minimum atomic E-state index is -0.629. The monoisotopic (exact) mass is 229 g/mol. The van der Waals surface area contributed by atoms with Gasteiger partial charge in [-0.05, 0) is 24.6 Å². The van der Waals surface area contributed by atoms with Crippen LogP contribution >= 0.6 is 11.6 Å². The predicted molar refractivity (Wildman–Crippen MR) is 57.4 cm³/mol. The lowest BCUT2D eigenvalue weighted by molar-refractivity contribution is -0.0150. The molecule has 0 amide bonds. The number of hydrogen-bond donors (Lipinski definition) is 1. The highest BCUT2D eigenvalue weighted by Gasteiger charge is 2.36. The molecule has 0 aromatic heterocycles. The van der Waals surface area contributed by atoms with Crippen LogP contribution in [0.5, 0.6) is 0 Å². The molecule has 1 aromatic rings. The fourth-order valence-corrected chi connectivity index (χ4v) is 2.05. The largest absolute Gasteiger partial charge is 0.369 e. The molecule has 82 valence electrons. The van der Waals surface area contributed by atoms with Crippen molar-refractivity contribution in [2.24, 2.45) is 0 Å². The summed E-state index contributed by atoms with van der Waals surface area (Å²) in [7, 11) is 0. The first kappa shape index (κ1) is 10.9. The molecule has 1 aliphatic heterocycles. The Hall–Kier alpha value is -0.640. The molecule has 0 radical (unpaired) electrons. The maximum atomic E-state index is 12.8. The zero-order chi connectivity index (χ0) is 10.9. The summed E-state index contributed by atoms with van der Waals surface area (Å²) in [5.74, 6) is -0.251. The SMILES string of the molecule is CC1(Cl)NCCOC1c1ccc(F)cc1. The molecular formula is C11H13ClFNO. The van der Waals surface area contributed by atoms with Crippen LogP contribution in [-0.2, 0) is 4.74 Å². The van der Waals surface area contributed by atoms with E-state index in [4.69, 9.17) is 16.3 Å². The quantitative estimate of drug-likeness (QED) is 0.590. The molecule has 0 saturated carbocycles. The minimum Gasteiger partial charge on any atom is -0.369 e. The van der Waals surface area contributed by atoms with Crippen molar-refractivity contribution in [3.8, 4) is 0 Å². The first-order valence-corrected chi connectivity index (χ1v) is 5.28. The molecule has 2 rings (SSSR count). The Morgan fingerprint density at radius 2 is 2.13 bits per heavy atom. The van der Waals surface area contributed by atoms with Gasteiger partial charge in [-0.1, -0.05) is 23.7 Å². The van der Waals surface area contributed by atoms with Crippen LogP contribution in [-0.4, -0.2) is 18.1 Å². The summed E-state index contributed by atoms with van der Waals surface area (Å²) >= 11 is 6.28. The molecule has 1 heterocycles. The average Bonchev–Trinajstić information content (AvgIpc) is 2.19. The first-order chi connectivity index (χ1) is 7.09. The van der Waals surface area contributed by atoms with Crippen LogP contribution in [0.4, 0.5) is 4.39 Å². The van der Waals surface area contributed by atoms with E-state index in [1.165, 1.54) is 12.1 Å². The molecule has 1 fully saturated rings. The third-order valence-electron chi connectivity index (χ3n) is 2.52. The Morgan fingerprint density at radius 3 is 2.73 bits per heavy atom. The number of rotatable bonds is 1. The minimum absolute atomic E-state index is 0.242. The van der Waals surface area contributed by atoms with Gasteiger partial charge in [0.25, 0.3) is 0 Å². The zero-order valence-electron chi connectivity index (χ0n) is 8.47. The van der Waals surface area contributed by atoms with Crippen molar-refractivity contribution in [3.05, 3.63) is 35.6 Å². The molecule has 1 saturated heterocycles. The zero-order valence-corrected chi connectivity index (χ0v) is 9.22. The highest BCUT2D eigenvalue weighted by molar-refractivity contribution is 6.23. The van der Waals surface area contributed by atoms with E-state index >= 15 is 0 Å². The number of morpholine rings is 1. The van der Waals surface area contributed by atoms with Crippen LogP contribution in [0.25, 0.3) is 0 Å². The van der Waals surface area contributed by atoms with E-state index in [1.54, 1.807) is 12.1 Å². The number of hydrogen-bond acceptors (Lipinski definition) is 2. The van der Waals surface area contributed by atoms with E-state index in [2.05, 4.69) is 5.32 Å². The number of benzene rings is 1. The van der Waals surface area contributed by atoms with Crippen LogP contribution in [0.15, 0.2) is 24.3 Å². The lowest BCUT2D eigenvalue weighted by Crippen LogP contribution is -2.49. The van der Waals surface area contributed by atoms with Gasteiger partial charge in [0.1, 0.15) is 16.9 Å². The Labute approximate surface area is 93.4 Å². The van der Waals surface area contributed by atoms with E-state index in [1.807, 2.05) is 6.92 Å². The van der Waals surface area contributed by atoms with Crippen molar-refractivity contribution in [2.45, 2.75) is 18.0 Å². The number of alkyl halides is 1. The first-order valence-electron chi connectivity index (χ1n) is 4.90. The molecule has 4 heteroatoms. The predicted octanol–water partition coefficient (Wildman–Crippen LogP) is 2.44. The second-order valence-electron chi connectivity index (χ2n) is 3.80. The smallest absolute Gasteiger partial charge is 0.123 e.